The molecule has 0 fully saturated rings. The Morgan fingerprint density at radius 3 is 2.26 bits per heavy atom. The molecule has 0 bridgehead atoms. The van der Waals surface area contributed by atoms with Gasteiger partial charge in [-0.1, -0.05) is 54.1 Å². The molecule has 3 heteroatoms. The standard InChI is InChI=1S/C16H15ClO2/c1-18-14-11-10-13(15(17)16(14)19-2)9-8-12-6-4-3-5-7-12/h3-11H,1-2H3. The summed E-state index contributed by atoms with van der Waals surface area (Å²) in [5.74, 6) is 1.18. The second-order valence-electron chi connectivity index (χ2n) is 3.95. The van der Waals surface area contributed by atoms with E-state index in [1.165, 1.54) is 0 Å². The number of hydrogen-bond donors (Lipinski definition) is 0. The van der Waals surface area contributed by atoms with Crippen LogP contribution in [0.3, 0.4) is 0 Å². The van der Waals surface area contributed by atoms with E-state index in [9.17, 15) is 0 Å². The minimum Gasteiger partial charge on any atom is -0.493 e. The second-order valence-corrected chi connectivity index (χ2v) is 4.33. The zero-order valence-corrected chi connectivity index (χ0v) is 11.6. The van der Waals surface area contributed by atoms with E-state index in [0.29, 0.717) is 16.5 Å². The summed E-state index contributed by atoms with van der Waals surface area (Å²) in [6.45, 7) is 0. The van der Waals surface area contributed by atoms with E-state index < -0.39 is 0 Å². The highest BCUT2D eigenvalue weighted by Gasteiger charge is 2.11. The van der Waals surface area contributed by atoms with Crippen molar-refractivity contribution in [2.45, 2.75) is 0 Å². The highest BCUT2D eigenvalue weighted by atomic mass is 35.5. The number of hydrogen-bond acceptors (Lipinski definition) is 2. The number of methoxy groups -OCH3 is 2. The van der Waals surface area contributed by atoms with Gasteiger partial charge in [0.25, 0.3) is 0 Å². The molecule has 0 aromatic heterocycles. The summed E-state index contributed by atoms with van der Waals surface area (Å²) < 4.78 is 10.5. The highest BCUT2D eigenvalue weighted by molar-refractivity contribution is 6.34. The van der Waals surface area contributed by atoms with Crippen molar-refractivity contribution in [1.29, 1.82) is 0 Å². The Labute approximate surface area is 118 Å². The molecule has 0 aliphatic rings. The van der Waals surface area contributed by atoms with E-state index >= 15 is 0 Å². The Hall–Kier alpha value is -1.93. The SMILES string of the molecule is COc1ccc(C=Cc2ccccc2)c(Cl)c1OC. The molecule has 19 heavy (non-hydrogen) atoms. The number of rotatable bonds is 4. The average molecular weight is 275 g/mol. The van der Waals surface area contributed by atoms with Crippen molar-refractivity contribution in [1.82, 2.24) is 0 Å². The summed E-state index contributed by atoms with van der Waals surface area (Å²) >= 11 is 6.30. The molecule has 2 rings (SSSR count). The first kappa shape index (κ1) is 13.5. The van der Waals surface area contributed by atoms with Gasteiger partial charge in [-0.05, 0) is 23.3 Å². The molecule has 0 N–H and O–H groups in total. The van der Waals surface area contributed by atoms with Gasteiger partial charge in [-0.15, -0.1) is 0 Å². The van der Waals surface area contributed by atoms with Gasteiger partial charge in [0, 0.05) is 0 Å². The van der Waals surface area contributed by atoms with Crippen molar-refractivity contribution in [3.63, 3.8) is 0 Å². The van der Waals surface area contributed by atoms with Crippen LogP contribution in [0, 0.1) is 0 Å². The lowest BCUT2D eigenvalue weighted by Crippen LogP contribution is -1.92. The third-order valence-corrected chi connectivity index (χ3v) is 3.16. The van der Waals surface area contributed by atoms with Gasteiger partial charge in [-0.2, -0.15) is 0 Å². The third kappa shape index (κ3) is 3.09. The Balaban J connectivity index is 2.34. The Morgan fingerprint density at radius 1 is 0.895 bits per heavy atom. The molecule has 0 aliphatic carbocycles. The lowest BCUT2D eigenvalue weighted by molar-refractivity contribution is 0.355. The van der Waals surface area contributed by atoms with Crippen LogP contribution in [0.15, 0.2) is 42.5 Å². The van der Waals surface area contributed by atoms with Crippen LogP contribution < -0.4 is 9.47 Å². The van der Waals surface area contributed by atoms with Crippen molar-refractivity contribution >= 4 is 23.8 Å². The zero-order chi connectivity index (χ0) is 13.7. The van der Waals surface area contributed by atoms with Crippen LogP contribution in [0.4, 0.5) is 0 Å². The molecule has 98 valence electrons. The third-order valence-electron chi connectivity index (χ3n) is 2.77. The molecule has 0 heterocycles. The quantitative estimate of drug-likeness (QED) is 0.763. The first-order chi connectivity index (χ1) is 9.26. The summed E-state index contributed by atoms with van der Waals surface area (Å²) in [5, 5.41) is 0.550. The van der Waals surface area contributed by atoms with Crippen LogP contribution in [0.25, 0.3) is 12.2 Å². The van der Waals surface area contributed by atoms with Gasteiger partial charge in [-0.3, -0.25) is 0 Å². The minimum absolute atomic E-state index is 0.550. The van der Waals surface area contributed by atoms with Crippen molar-refractivity contribution in [3.05, 3.63) is 58.6 Å². The van der Waals surface area contributed by atoms with Crippen LogP contribution in [0.1, 0.15) is 11.1 Å². The summed E-state index contributed by atoms with van der Waals surface area (Å²) in [6.07, 6.45) is 3.97. The average Bonchev–Trinajstić information content (AvgIpc) is 2.46. The topological polar surface area (TPSA) is 18.5 Å². The Bertz CT molecular complexity index is 577. The van der Waals surface area contributed by atoms with E-state index in [-0.39, 0.29) is 0 Å². The lowest BCUT2D eigenvalue weighted by Gasteiger charge is -2.10. The highest BCUT2D eigenvalue weighted by Crippen LogP contribution is 2.37. The molecule has 0 saturated carbocycles. The maximum atomic E-state index is 6.30. The van der Waals surface area contributed by atoms with Crippen LogP contribution >= 0.6 is 11.6 Å². The summed E-state index contributed by atoms with van der Waals surface area (Å²) in [4.78, 5) is 0. The van der Waals surface area contributed by atoms with Gasteiger partial charge < -0.3 is 9.47 Å². The van der Waals surface area contributed by atoms with Crippen LogP contribution in [-0.2, 0) is 0 Å². The van der Waals surface area contributed by atoms with Crippen molar-refractivity contribution in [3.8, 4) is 11.5 Å². The predicted molar refractivity (Wildman–Crippen MR) is 79.9 cm³/mol. The number of benzene rings is 2. The smallest absolute Gasteiger partial charge is 0.179 e. The summed E-state index contributed by atoms with van der Waals surface area (Å²) in [6, 6.07) is 13.8. The second kappa shape index (κ2) is 6.30. The van der Waals surface area contributed by atoms with E-state index in [1.807, 2.05) is 54.6 Å². The predicted octanol–water partition coefficient (Wildman–Crippen LogP) is 4.53. The monoisotopic (exact) mass is 274 g/mol. The zero-order valence-electron chi connectivity index (χ0n) is 10.9. The van der Waals surface area contributed by atoms with Crippen LogP contribution in [-0.4, -0.2) is 14.2 Å². The maximum Gasteiger partial charge on any atom is 0.179 e. The Kier molecular flexibility index (Phi) is 4.48. The molecule has 0 radical (unpaired) electrons. The van der Waals surface area contributed by atoms with E-state index in [1.54, 1.807) is 14.2 Å². The van der Waals surface area contributed by atoms with E-state index in [4.69, 9.17) is 21.1 Å². The summed E-state index contributed by atoms with van der Waals surface area (Å²) in [5.41, 5.74) is 2.01. The van der Waals surface area contributed by atoms with Gasteiger partial charge in [0.1, 0.15) is 0 Å². The number of ether oxygens (including phenoxy) is 2. The molecular weight excluding hydrogens is 260 g/mol. The molecular formula is C16H15ClO2. The first-order valence-corrected chi connectivity index (χ1v) is 6.27. The van der Waals surface area contributed by atoms with Crippen LogP contribution in [0.5, 0.6) is 11.5 Å². The molecule has 0 spiro atoms. The summed E-state index contributed by atoms with van der Waals surface area (Å²) in [7, 11) is 3.17. The molecule has 0 amide bonds. The molecule has 0 atom stereocenters. The van der Waals surface area contributed by atoms with Crippen molar-refractivity contribution in [2.24, 2.45) is 0 Å². The van der Waals surface area contributed by atoms with Crippen LogP contribution in [0.2, 0.25) is 5.02 Å². The largest absolute Gasteiger partial charge is 0.493 e. The minimum atomic E-state index is 0.550. The van der Waals surface area contributed by atoms with Crippen molar-refractivity contribution in [2.75, 3.05) is 14.2 Å². The number of halogens is 1. The van der Waals surface area contributed by atoms with Gasteiger partial charge >= 0.3 is 0 Å². The lowest BCUT2D eigenvalue weighted by atomic mass is 10.1. The fraction of sp³-hybridized carbons (Fsp3) is 0.125. The van der Waals surface area contributed by atoms with E-state index in [0.717, 1.165) is 11.1 Å². The molecule has 2 aromatic carbocycles. The Morgan fingerprint density at radius 2 is 1.63 bits per heavy atom. The normalized spacial score (nSPS) is 10.7. The fourth-order valence-electron chi connectivity index (χ4n) is 1.78. The molecule has 2 aromatic rings. The van der Waals surface area contributed by atoms with Gasteiger partial charge in [0.15, 0.2) is 11.5 Å². The molecule has 0 saturated heterocycles. The van der Waals surface area contributed by atoms with Gasteiger partial charge in [-0.25, -0.2) is 0 Å². The van der Waals surface area contributed by atoms with Gasteiger partial charge in [0.05, 0.1) is 19.2 Å². The first-order valence-electron chi connectivity index (χ1n) is 5.90. The van der Waals surface area contributed by atoms with E-state index in [2.05, 4.69) is 0 Å². The molecule has 2 nitrogen and oxygen atoms in total. The maximum absolute atomic E-state index is 6.30. The molecule has 0 unspecified atom stereocenters. The van der Waals surface area contributed by atoms with Crippen molar-refractivity contribution < 1.29 is 9.47 Å². The van der Waals surface area contributed by atoms with Gasteiger partial charge in [0.2, 0.25) is 0 Å². The molecule has 0 aliphatic heterocycles. The fourth-order valence-corrected chi connectivity index (χ4v) is 2.08.